The number of rotatable bonds is 14. The fraction of sp³-hybridized carbons (Fsp3) is 0.400. The van der Waals surface area contributed by atoms with Crippen LogP contribution >= 0.6 is 0 Å². The first-order valence-electron chi connectivity index (χ1n) is 11.3. The Morgan fingerprint density at radius 1 is 1.03 bits per heavy atom. The molecule has 2 rings (SSSR count). The molecule has 0 radical (unpaired) electrons. The summed E-state index contributed by atoms with van der Waals surface area (Å²) in [6.07, 6.45) is 2.11. The summed E-state index contributed by atoms with van der Waals surface area (Å²) in [4.78, 5) is 24.4. The number of aliphatic carboxylic acids is 1. The van der Waals surface area contributed by atoms with E-state index < -0.39 is 35.3 Å². The Morgan fingerprint density at radius 2 is 1.68 bits per heavy atom. The van der Waals surface area contributed by atoms with Crippen molar-refractivity contribution in [3.63, 3.8) is 0 Å². The number of hydrogen-bond donors (Lipinski definition) is 2. The minimum Gasteiger partial charge on any atom is -0.760 e. The molecule has 0 aromatic heterocycles. The summed E-state index contributed by atoms with van der Waals surface area (Å²) in [6, 6.07) is 13.3. The number of carbonyl (C=O) groups excluding carboxylic acids is 1. The molecule has 0 aliphatic rings. The molecule has 2 aromatic carbocycles. The van der Waals surface area contributed by atoms with Crippen LogP contribution in [0.4, 0.5) is 0 Å². The van der Waals surface area contributed by atoms with E-state index in [4.69, 9.17) is 10.1 Å². The third-order valence-corrected chi connectivity index (χ3v) is 6.23. The summed E-state index contributed by atoms with van der Waals surface area (Å²) >= 11 is -2.82. The summed E-state index contributed by atoms with van der Waals surface area (Å²) in [5, 5.41) is 17.7. The van der Waals surface area contributed by atoms with E-state index in [1.54, 1.807) is 61.5 Å². The van der Waals surface area contributed by atoms with Gasteiger partial charge in [0.05, 0.1) is 0 Å². The van der Waals surface area contributed by atoms with Gasteiger partial charge in [0.2, 0.25) is 0 Å². The second-order valence-electron chi connectivity index (χ2n) is 7.91. The van der Waals surface area contributed by atoms with Crippen molar-refractivity contribution in [3.05, 3.63) is 65.7 Å². The van der Waals surface area contributed by atoms with Gasteiger partial charge in [-0.25, -0.2) is 4.31 Å². The molecule has 0 heterocycles. The van der Waals surface area contributed by atoms with Crippen molar-refractivity contribution in [2.45, 2.75) is 64.5 Å². The second kappa shape index (κ2) is 13.7. The molecule has 34 heavy (non-hydrogen) atoms. The maximum Gasteiger partial charge on any atom is 0.321 e. The van der Waals surface area contributed by atoms with E-state index in [-0.39, 0.29) is 19.3 Å². The Balaban J connectivity index is 2.17. The monoisotopic (exact) mass is 487 g/mol. The van der Waals surface area contributed by atoms with Crippen LogP contribution in [0.2, 0.25) is 0 Å². The molecule has 0 fully saturated rings. The number of carboxylic acids is 1. The first-order chi connectivity index (χ1) is 16.3. The van der Waals surface area contributed by atoms with Gasteiger partial charge in [0.1, 0.15) is 11.8 Å². The van der Waals surface area contributed by atoms with Crippen LogP contribution in [0.15, 0.2) is 54.6 Å². The number of benzene rings is 2. The molecule has 0 saturated heterocycles. The number of carbonyl (C=O) groups is 2. The summed E-state index contributed by atoms with van der Waals surface area (Å²) in [5.74, 6) is -1.47. The molecule has 8 nitrogen and oxygen atoms in total. The average Bonchev–Trinajstić information content (AvgIpc) is 2.81. The van der Waals surface area contributed by atoms with Gasteiger partial charge in [0, 0.05) is 29.4 Å². The van der Waals surface area contributed by atoms with E-state index in [0.29, 0.717) is 29.9 Å². The van der Waals surface area contributed by atoms with Crippen molar-refractivity contribution in [2.75, 3.05) is 0 Å². The molecule has 0 spiro atoms. The SMILES string of the molecule is CCCC(=N)c1ccc(OC(=O)CCC(c2ccccc2)N(C(CCC)C(=O)O)S(=O)[O-])cc1. The Bertz CT molecular complexity index is 981. The van der Waals surface area contributed by atoms with Crippen molar-refractivity contribution < 1.29 is 28.2 Å². The largest absolute Gasteiger partial charge is 0.760 e. The first kappa shape index (κ1) is 27.4. The van der Waals surface area contributed by atoms with Crippen LogP contribution in [-0.4, -0.2) is 41.9 Å². The molecule has 184 valence electrons. The van der Waals surface area contributed by atoms with E-state index in [1.807, 2.05) is 6.92 Å². The number of hydrogen-bond acceptors (Lipinski definition) is 6. The Labute approximate surface area is 202 Å². The van der Waals surface area contributed by atoms with Crippen molar-refractivity contribution in [1.82, 2.24) is 4.31 Å². The van der Waals surface area contributed by atoms with Crippen LogP contribution in [0.1, 0.15) is 69.5 Å². The minimum absolute atomic E-state index is 0.0591. The lowest BCUT2D eigenvalue weighted by molar-refractivity contribution is -0.142. The molecule has 0 aliphatic carbocycles. The predicted molar refractivity (Wildman–Crippen MR) is 129 cm³/mol. The molecule has 3 unspecified atom stereocenters. The Hall–Kier alpha value is -2.88. The fourth-order valence-electron chi connectivity index (χ4n) is 3.73. The molecule has 0 amide bonds. The molecular weight excluding hydrogens is 456 g/mol. The maximum absolute atomic E-state index is 12.5. The Kier molecular flexibility index (Phi) is 11.1. The molecule has 0 bridgehead atoms. The highest BCUT2D eigenvalue weighted by Gasteiger charge is 2.33. The number of carboxylic acid groups (broad SMARTS) is 1. The van der Waals surface area contributed by atoms with Crippen LogP contribution in [0, 0.1) is 5.41 Å². The third kappa shape index (κ3) is 7.86. The topological polar surface area (TPSA) is 131 Å². The van der Waals surface area contributed by atoms with Crippen molar-refractivity contribution >= 4 is 28.9 Å². The highest BCUT2D eigenvalue weighted by molar-refractivity contribution is 7.76. The predicted octanol–water partition coefficient (Wildman–Crippen LogP) is 4.63. The summed E-state index contributed by atoms with van der Waals surface area (Å²) in [5.41, 5.74) is 1.87. The summed E-state index contributed by atoms with van der Waals surface area (Å²) < 4.78 is 30.6. The Morgan fingerprint density at radius 3 is 2.21 bits per heavy atom. The lowest BCUT2D eigenvalue weighted by atomic mass is 9.99. The van der Waals surface area contributed by atoms with E-state index >= 15 is 0 Å². The lowest BCUT2D eigenvalue weighted by Gasteiger charge is -2.37. The fourth-order valence-corrected chi connectivity index (χ4v) is 4.57. The quantitative estimate of drug-likeness (QED) is 0.173. The number of ether oxygens (including phenoxy) is 1. The van der Waals surface area contributed by atoms with Gasteiger partial charge in [-0.05, 0) is 54.7 Å². The van der Waals surface area contributed by atoms with Crippen LogP contribution in [0.25, 0.3) is 0 Å². The summed E-state index contributed by atoms with van der Waals surface area (Å²) in [7, 11) is 0. The average molecular weight is 488 g/mol. The second-order valence-corrected chi connectivity index (χ2v) is 8.77. The number of nitrogens with zero attached hydrogens (tertiary/aromatic N) is 1. The standard InChI is InChI=1S/C25H32N2O6S/c1-3-8-21(26)18-12-14-20(15-13-18)33-24(28)17-16-22(19-10-6-5-7-11-19)27(34(31)32)23(9-4-2)25(29)30/h5-7,10-15,22-23,26H,3-4,8-9,16-17H2,1-2H3,(H,29,30)(H,31,32)/p-1. The minimum atomic E-state index is -2.82. The van der Waals surface area contributed by atoms with Gasteiger partial charge in [-0.1, -0.05) is 57.0 Å². The van der Waals surface area contributed by atoms with Crippen molar-refractivity contribution in [1.29, 1.82) is 5.41 Å². The van der Waals surface area contributed by atoms with Gasteiger partial charge in [0.15, 0.2) is 0 Å². The highest BCUT2D eigenvalue weighted by Crippen LogP contribution is 2.31. The van der Waals surface area contributed by atoms with Crippen LogP contribution in [0.5, 0.6) is 5.75 Å². The van der Waals surface area contributed by atoms with Crippen LogP contribution in [-0.2, 0) is 20.9 Å². The molecule has 0 aliphatic heterocycles. The van der Waals surface area contributed by atoms with Crippen LogP contribution in [0.3, 0.4) is 0 Å². The van der Waals surface area contributed by atoms with Gasteiger partial charge in [0.25, 0.3) is 0 Å². The van der Waals surface area contributed by atoms with Gasteiger partial charge in [-0.15, -0.1) is 0 Å². The zero-order valence-electron chi connectivity index (χ0n) is 19.4. The van der Waals surface area contributed by atoms with E-state index in [1.165, 1.54) is 0 Å². The molecule has 9 heteroatoms. The van der Waals surface area contributed by atoms with Gasteiger partial charge in [-0.3, -0.25) is 13.8 Å². The van der Waals surface area contributed by atoms with Crippen molar-refractivity contribution in [3.8, 4) is 5.75 Å². The van der Waals surface area contributed by atoms with Gasteiger partial charge in [-0.2, -0.15) is 0 Å². The normalized spacial score (nSPS) is 13.8. The van der Waals surface area contributed by atoms with E-state index in [0.717, 1.165) is 16.3 Å². The highest BCUT2D eigenvalue weighted by atomic mass is 32.2. The van der Waals surface area contributed by atoms with E-state index in [2.05, 4.69) is 0 Å². The van der Waals surface area contributed by atoms with Crippen LogP contribution < -0.4 is 4.74 Å². The molecule has 2 aromatic rings. The van der Waals surface area contributed by atoms with E-state index in [9.17, 15) is 23.5 Å². The molecular formula is C25H31N2O6S-. The van der Waals surface area contributed by atoms with Gasteiger partial charge >= 0.3 is 11.9 Å². The molecule has 0 saturated carbocycles. The zero-order chi connectivity index (χ0) is 25.1. The van der Waals surface area contributed by atoms with Crippen molar-refractivity contribution in [2.24, 2.45) is 0 Å². The maximum atomic E-state index is 12.5. The lowest BCUT2D eigenvalue weighted by Crippen LogP contribution is -2.44. The third-order valence-electron chi connectivity index (χ3n) is 5.37. The summed E-state index contributed by atoms with van der Waals surface area (Å²) in [6.45, 7) is 3.78. The number of nitrogens with one attached hydrogen (secondary N) is 1. The first-order valence-corrected chi connectivity index (χ1v) is 12.4. The van der Waals surface area contributed by atoms with Gasteiger partial charge < -0.3 is 19.8 Å². The zero-order valence-corrected chi connectivity index (χ0v) is 20.3. The number of esters is 1. The smallest absolute Gasteiger partial charge is 0.321 e. The molecule has 3 atom stereocenters. The molecule has 2 N–H and O–H groups in total.